The normalized spacial score (nSPS) is 18.3. The molecule has 0 aromatic carbocycles. The third kappa shape index (κ3) is 3.49. The van der Waals surface area contributed by atoms with Crippen LogP contribution in [0.15, 0.2) is 6.33 Å². The maximum absolute atomic E-state index is 6.10. The molecule has 1 aliphatic rings. The molecule has 1 aromatic rings. The molecule has 0 bridgehead atoms. The molecule has 0 atom stereocenters. The first-order valence-corrected chi connectivity index (χ1v) is 7.05. The maximum atomic E-state index is 6.10. The summed E-state index contributed by atoms with van der Waals surface area (Å²) in [6.07, 6.45) is 7.68. The minimum atomic E-state index is 0.0512. The molecular weight excluding hydrogens is 240 g/mol. The molecule has 2 rings (SSSR count). The molecule has 1 saturated carbocycles. The number of anilines is 2. The first kappa shape index (κ1) is 13.9. The van der Waals surface area contributed by atoms with Gasteiger partial charge in [0.2, 0.25) is 5.88 Å². The van der Waals surface area contributed by atoms with Gasteiger partial charge in [0, 0.05) is 5.54 Å². The highest BCUT2D eigenvalue weighted by Gasteiger charge is 2.28. The molecule has 1 aromatic heterocycles. The van der Waals surface area contributed by atoms with E-state index in [-0.39, 0.29) is 11.6 Å². The third-order valence-corrected chi connectivity index (χ3v) is 3.57. The zero-order valence-corrected chi connectivity index (χ0v) is 12.1. The average molecular weight is 264 g/mol. The summed E-state index contributed by atoms with van der Waals surface area (Å²) in [7, 11) is 0. The van der Waals surface area contributed by atoms with Crippen LogP contribution in [0.25, 0.3) is 0 Å². The van der Waals surface area contributed by atoms with Crippen LogP contribution in [0, 0.1) is 0 Å². The van der Waals surface area contributed by atoms with Gasteiger partial charge in [0.1, 0.15) is 12.0 Å². The molecule has 1 aliphatic carbocycles. The minimum absolute atomic E-state index is 0.0512. The number of rotatable bonds is 4. The van der Waals surface area contributed by atoms with Gasteiger partial charge in [0.05, 0.1) is 6.10 Å². The van der Waals surface area contributed by atoms with Gasteiger partial charge < -0.3 is 15.8 Å². The van der Waals surface area contributed by atoms with E-state index in [1.54, 1.807) is 0 Å². The summed E-state index contributed by atoms with van der Waals surface area (Å²) < 4.78 is 5.59. The van der Waals surface area contributed by atoms with E-state index in [9.17, 15) is 0 Å². The molecule has 19 heavy (non-hydrogen) atoms. The Morgan fingerprint density at radius 3 is 2.58 bits per heavy atom. The van der Waals surface area contributed by atoms with Crippen molar-refractivity contribution in [3.63, 3.8) is 0 Å². The van der Waals surface area contributed by atoms with Crippen molar-refractivity contribution >= 4 is 11.5 Å². The van der Waals surface area contributed by atoms with E-state index in [1.807, 2.05) is 13.8 Å². The highest BCUT2D eigenvalue weighted by molar-refractivity contribution is 5.67. The third-order valence-electron chi connectivity index (χ3n) is 3.57. The summed E-state index contributed by atoms with van der Waals surface area (Å²) in [5.41, 5.74) is 6.68. The SMILES string of the molecule is CC(C)Oc1ncnc(NC2(C)CCCCC2)c1N. The van der Waals surface area contributed by atoms with E-state index in [1.165, 1.54) is 25.6 Å². The number of hydrogen-bond donors (Lipinski definition) is 2. The van der Waals surface area contributed by atoms with Crippen LogP contribution in [0.2, 0.25) is 0 Å². The first-order chi connectivity index (χ1) is 9.00. The number of nitrogen functional groups attached to an aromatic ring is 1. The van der Waals surface area contributed by atoms with Gasteiger partial charge in [-0.25, -0.2) is 4.98 Å². The minimum Gasteiger partial charge on any atom is -0.473 e. The van der Waals surface area contributed by atoms with Gasteiger partial charge in [-0.05, 0) is 33.6 Å². The van der Waals surface area contributed by atoms with Gasteiger partial charge in [-0.2, -0.15) is 4.98 Å². The van der Waals surface area contributed by atoms with Crippen molar-refractivity contribution in [2.24, 2.45) is 0 Å². The van der Waals surface area contributed by atoms with Crippen molar-refractivity contribution in [1.82, 2.24) is 9.97 Å². The van der Waals surface area contributed by atoms with Crippen LogP contribution < -0.4 is 15.8 Å². The number of nitrogens with zero attached hydrogens (tertiary/aromatic N) is 2. The van der Waals surface area contributed by atoms with Crippen LogP contribution in [-0.2, 0) is 0 Å². The smallest absolute Gasteiger partial charge is 0.242 e. The Morgan fingerprint density at radius 2 is 1.95 bits per heavy atom. The summed E-state index contributed by atoms with van der Waals surface area (Å²) in [5, 5.41) is 3.48. The van der Waals surface area contributed by atoms with E-state index < -0.39 is 0 Å². The Morgan fingerprint density at radius 1 is 1.26 bits per heavy atom. The van der Waals surface area contributed by atoms with Crippen molar-refractivity contribution in [3.8, 4) is 5.88 Å². The predicted octanol–water partition coefficient (Wildman–Crippen LogP) is 2.98. The fourth-order valence-electron chi connectivity index (χ4n) is 2.54. The van der Waals surface area contributed by atoms with Crippen LogP contribution in [0.4, 0.5) is 11.5 Å². The van der Waals surface area contributed by atoms with Crippen LogP contribution >= 0.6 is 0 Å². The fourth-order valence-corrected chi connectivity index (χ4v) is 2.54. The van der Waals surface area contributed by atoms with Crippen molar-refractivity contribution in [2.45, 2.75) is 64.5 Å². The second kappa shape index (κ2) is 5.63. The number of hydrogen-bond acceptors (Lipinski definition) is 5. The van der Waals surface area contributed by atoms with Gasteiger partial charge in [0.15, 0.2) is 5.82 Å². The number of ether oxygens (including phenoxy) is 1. The summed E-state index contributed by atoms with van der Waals surface area (Å²) in [4.78, 5) is 8.35. The Balaban J connectivity index is 2.15. The van der Waals surface area contributed by atoms with Crippen molar-refractivity contribution in [2.75, 3.05) is 11.1 Å². The lowest BCUT2D eigenvalue weighted by molar-refractivity contribution is 0.234. The zero-order chi connectivity index (χ0) is 13.9. The van der Waals surface area contributed by atoms with Crippen LogP contribution in [-0.4, -0.2) is 21.6 Å². The fraction of sp³-hybridized carbons (Fsp3) is 0.714. The van der Waals surface area contributed by atoms with Crippen LogP contribution in [0.1, 0.15) is 52.9 Å². The topological polar surface area (TPSA) is 73.1 Å². The highest BCUT2D eigenvalue weighted by atomic mass is 16.5. The Hall–Kier alpha value is -1.52. The van der Waals surface area contributed by atoms with Crippen molar-refractivity contribution in [3.05, 3.63) is 6.33 Å². The summed E-state index contributed by atoms with van der Waals surface area (Å²) in [5.74, 6) is 1.15. The summed E-state index contributed by atoms with van der Waals surface area (Å²) in [6.45, 7) is 6.14. The molecule has 5 nitrogen and oxygen atoms in total. The molecule has 0 saturated heterocycles. The molecule has 5 heteroatoms. The molecule has 1 heterocycles. The van der Waals surface area contributed by atoms with Crippen molar-refractivity contribution < 1.29 is 4.74 Å². The lowest BCUT2D eigenvalue weighted by Crippen LogP contribution is -2.37. The van der Waals surface area contributed by atoms with Crippen LogP contribution in [0.5, 0.6) is 5.88 Å². The monoisotopic (exact) mass is 264 g/mol. The molecule has 106 valence electrons. The maximum Gasteiger partial charge on any atom is 0.242 e. The molecule has 0 amide bonds. The summed E-state index contributed by atoms with van der Waals surface area (Å²) in [6, 6.07) is 0. The Kier molecular flexibility index (Phi) is 4.12. The van der Waals surface area contributed by atoms with Crippen LogP contribution in [0.3, 0.4) is 0 Å². The summed E-state index contributed by atoms with van der Waals surface area (Å²) >= 11 is 0. The van der Waals surface area contributed by atoms with E-state index in [0.717, 1.165) is 12.8 Å². The van der Waals surface area contributed by atoms with Gasteiger partial charge in [-0.15, -0.1) is 0 Å². The quantitative estimate of drug-likeness (QED) is 0.874. The van der Waals surface area contributed by atoms with E-state index in [0.29, 0.717) is 17.4 Å². The molecule has 0 radical (unpaired) electrons. The molecule has 0 unspecified atom stereocenters. The number of nitrogens with one attached hydrogen (secondary N) is 1. The largest absolute Gasteiger partial charge is 0.473 e. The highest BCUT2D eigenvalue weighted by Crippen LogP contribution is 2.34. The Bertz CT molecular complexity index is 427. The second-order valence-corrected chi connectivity index (χ2v) is 5.85. The van der Waals surface area contributed by atoms with E-state index in [4.69, 9.17) is 10.5 Å². The number of aromatic nitrogens is 2. The van der Waals surface area contributed by atoms with Gasteiger partial charge in [0.25, 0.3) is 0 Å². The lowest BCUT2D eigenvalue weighted by Gasteiger charge is -2.35. The lowest BCUT2D eigenvalue weighted by atomic mass is 9.83. The second-order valence-electron chi connectivity index (χ2n) is 5.85. The predicted molar refractivity (Wildman–Crippen MR) is 77.3 cm³/mol. The van der Waals surface area contributed by atoms with E-state index >= 15 is 0 Å². The zero-order valence-electron chi connectivity index (χ0n) is 12.1. The van der Waals surface area contributed by atoms with Gasteiger partial charge in [-0.1, -0.05) is 19.3 Å². The van der Waals surface area contributed by atoms with E-state index in [2.05, 4.69) is 22.2 Å². The standard InChI is InChI=1S/C14H24N4O/c1-10(2)19-13-11(15)12(16-9-17-13)18-14(3)7-5-4-6-8-14/h9-10H,4-8,15H2,1-3H3,(H,16,17,18). The average Bonchev–Trinajstić information content (AvgIpc) is 2.34. The molecule has 3 N–H and O–H groups in total. The first-order valence-electron chi connectivity index (χ1n) is 7.05. The molecule has 0 aliphatic heterocycles. The van der Waals surface area contributed by atoms with Crippen molar-refractivity contribution in [1.29, 1.82) is 0 Å². The number of nitrogens with two attached hydrogens (primary N) is 1. The molecule has 1 fully saturated rings. The molecule has 0 spiro atoms. The van der Waals surface area contributed by atoms with Gasteiger partial charge >= 0.3 is 0 Å². The van der Waals surface area contributed by atoms with Gasteiger partial charge in [-0.3, -0.25) is 0 Å². The molecular formula is C14H24N4O. The Labute approximate surface area is 115 Å².